The molecule has 0 bridgehead atoms. The summed E-state index contributed by atoms with van der Waals surface area (Å²) in [5, 5.41) is 8.58. The van der Waals surface area contributed by atoms with Crippen LogP contribution >= 0.6 is 0 Å². The van der Waals surface area contributed by atoms with E-state index < -0.39 is 23.7 Å². The van der Waals surface area contributed by atoms with Gasteiger partial charge in [-0.1, -0.05) is 18.2 Å². The summed E-state index contributed by atoms with van der Waals surface area (Å²) in [7, 11) is 1.37. The van der Waals surface area contributed by atoms with E-state index in [0.29, 0.717) is 5.56 Å². The lowest BCUT2D eigenvalue weighted by atomic mass is 10.2. The SMILES string of the molecule is CN(Cc1ccccc1F)C(=O)C(N)C(=O)O. The van der Waals surface area contributed by atoms with Gasteiger partial charge in [0.25, 0.3) is 5.91 Å². The zero-order valence-electron chi connectivity index (χ0n) is 9.26. The van der Waals surface area contributed by atoms with Gasteiger partial charge in [0, 0.05) is 19.2 Å². The Hall–Kier alpha value is -1.95. The third-order valence-electron chi connectivity index (χ3n) is 2.27. The largest absolute Gasteiger partial charge is 0.480 e. The van der Waals surface area contributed by atoms with Crippen molar-refractivity contribution in [3.63, 3.8) is 0 Å². The molecule has 1 aromatic rings. The van der Waals surface area contributed by atoms with E-state index in [2.05, 4.69) is 0 Å². The summed E-state index contributed by atoms with van der Waals surface area (Å²) in [6, 6.07) is 4.33. The minimum atomic E-state index is -1.62. The Kier molecular flexibility index (Phi) is 4.17. The molecule has 17 heavy (non-hydrogen) atoms. The number of carboxylic acid groups (broad SMARTS) is 1. The number of likely N-dealkylation sites (N-methyl/N-ethyl adjacent to an activating group) is 1. The molecule has 6 heteroatoms. The summed E-state index contributed by atoms with van der Waals surface area (Å²) < 4.78 is 13.3. The Bertz CT molecular complexity index is 436. The van der Waals surface area contributed by atoms with Crippen LogP contribution in [0.3, 0.4) is 0 Å². The van der Waals surface area contributed by atoms with E-state index in [4.69, 9.17) is 10.8 Å². The van der Waals surface area contributed by atoms with Crippen LogP contribution in [-0.4, -0.2) is 35.0 Å². The molecule has 0 aliphatic carbocycles. The van der Waals surface area contributed by atoms with Crippen LogP contribution < -0.4 is 5.73 Å². The molecule has 0 aliphatic rings. The van der Waals surface area contributed by atoms with Crippen molar-refractivity contribution in [2.24, 2.45) is 5.73 Å². The Labute approximate surface area is 97.6 Å². The van der Waals surface area contributed by atoms with Crippen LogP contribution in [0, 0.1) is 5.82 Å². The maximum atomic E-state index is 13.3. The highest BCUT2D eigenvalue weighted by molar-refractivity contribution is 6.00. The Morgan fingerprint density at radius 2 is 2.06 bits per heavy atom. The molecule has 0 aromatic heterocycles. The molecule has 0 aliphatic heterocycles. The summed E-state index contributed by atoms with van der Waals surface area (Å²) in [6.07, 6.45) is 0. The Morgan fingerprint density at radius 3 is 2.59 bits per heavy atom. The van der Waals surface area contributed by atoms with E-state index in [0.717, 1.165) is 4.90 Å². The fraction of sp³-hybridized carbons (Fsp3) is 0.273. The van der Waals surface area contributed by atoms with Crippen LogP contribution in [0.2, 0.25) is 0 Å². The summed E-state index contributed by atoms with van der Waals surface area (Å²) in [4.78, 5) is 23.1. The van der Waals surface area contributed by atoms with Gasteiger partial charge in [0.1, 0.15) is 5.82 Å². The van der Waals surface area contributed by atoms with Crippen LogP contribution in [0.25, 0.3) is 0 Å². The number of hydrogen-bond donors (Lipinski definition) is 2. The molecule has 0 heterocycles. The van der Waals surface area contributed by atoms with Crippen molar-refractivity contribution in [3.8, 4) is 0 Å². The quantitative estimate of drug-likeness (QED) is 0.736. The van der Waals surface area contributed by atoms with Gasteiger partial charge in [0.2, 0.25) is 0 Å². The second-order valence-electron chi connectivity index (χ2n) is 3.60. The fourth-order valence-electron chi connectivity index (χ4n) is 1.30. The van der Waals surface area contributed by atoms with E-state index in [1.54, 1.807) is 6.07 Å². The first-order valence-corrected chi connectivity index (χ1v) is 4.90. The summed E-state index contributed by atoms with van der Waals surface area (Å²) >= 11 is 0. The van der Waals surface area contributed by atoms with Crippen molar-refractivity contribution in [1.82, 2.24) is 4.90 Å². The van der Waals surface area contributed by atoms with Crippen LogP contribution in [0.5, 0.6) is 0 Å². The number of hydrogen-bond acceptors (Lipinski definition) is 3. The standard InChI is InChI=1S/C11H13FN2O3/c1-14(10(15)9(13)11(16)17)6-7-4-2-3-5-8(7)12/h2-5,9H,6,13H2,1H3,(H,16,17). The van der Waals surface area contributed by atoms with Crippen LogP contribution in [-0.2, 0) is 16.1 Å². The lowest BCUT2D eigenvalue weighted by Crippen LogP contribution is -2.46. The van der Waals surface area contributed by atoms with E-state index in [-0.39, 0.29) is 6.54 Å². The maximum Gasteiger partial charge on any atom is 0.330 e. The molecule has 0 radical (unpaired) electrons. The van der Waals surface area contributed by atoms with Gasteiger partial charge in [-0.05, 0) is 6.07 Å². The second-order valence-corrected chi connectivity index (χ2v) is 3.60. The molecule has 92 valence electrons. The topological polar surface area (TPSA) is 83.6 Å². The number of aliphatic carboxylic acids is 1. The summed E-state index contributed by atoms with van der Waals surface area (Å²) in [5.41, 5.74) is 5.47. The average Bonchev–Trinajstić information content (AvgIpc) is 2.30. The highest BCUT2D eigenvalue weighted by Crippen LogP contribution is 2.09. The van der Waals surface area contributed by atoms with Crippen molar-refractivity contribution >= 4 is 11.9 Å². The zero-order valence-corrected chi connectivity index (χ0v) is 9.26. The predicted molar refractivity (Wildman–Crippen MR) is 58.5 cm³/mol. The Balaban J connectivity index is 2.73. The number of carboxylic acids is 1. The fourth-order valence-corrected chi connectivity index (χ4v) is 1.30. The van der Waals surface area contributed by atoms with E-state index in [1.165, 1.54) is 25.2 Å². The molecule has 3 N–H and O–H groups in total. The third kappa shape index (κ3) is 3.25. The second kappa shape index (κ2) is 5.40. The smallest absolute Gasteiger partial charge is 0.330 e. The predicted octanol–water partition coefficient (Wildman–Crippen LogP) is 0.196. The summed E-state index contributed by atoms with van der Waals surface area (Å²) in [6.45, 7) is -0.0213. The van der Waals surface area contributed by atoms with Crippen molar-refractivity contribution in [2.75, 3.05) is 7.05 Å². The number of halogens is 1. The zero-order chi connectivity index (χ0) is 13.0. The molecule has 1 amide bonds. The molecule has 1 atom stereocenters. The molecule has 0 saturated carbocycles. The van der Waals surface area contributed by atoms with E-state index >= 15 is 0 Å². The molecule has 1 aromatic carbocycles. The van der Waals surface area contributed by atoms with Crippen molar-refractivity contribution in [2.45, 2.75) is 12.6 Å². The number of carbonyl (C=O) groups excluding carboxylic acids is 1. The normalized spacial score (nSPS) is 11.9. The van der Waals surface area contributed by atoms with Gasteiger partial charge in [0.15, 0.2) is 6.04 Å². The molecule has 5 nitrogen and oxygen atoms in total. The van der Waals surface area contributed by atoms with Crippen molar-refractivity contribution in [3.05, 3.63) is 35.6 Å². The van der Waals surface area contributed by atoms with Gasteiger partial charge < -0.3 is 15.7 Å². The van der Waals surface area contributed by atoms with Crippen LogP contribution in [0.1, 0.15) is 5.56 Å². The van der Waals surface area contributed by atoms with Crippen molar-refractivity contribution in [1.29, 1.82) is 0 Å². The lowest BCUT2D eigenvalue weighted by molar-refractivity contribution is -0.146. The first kappa shape index (κ1) is 13.1. The van der Waals surface area contributed by atoms with Gasteiger partial charge >= 0.3 is 5.97 Å². The molecule has 1 rings (SSSR count). The number of benzene rings is 1. The highest BCUT2D eigenvalue weighted by atomic mass is 19.1. The number of nitrogens with two attached hydrogens (primary N) is 1. The van der Waals surface area contributed by atoms with Crippen molar-refractivity contribution < 1.29 is 19.1 Å². The minimum Gasteiger partial charge on any atom is -0.480 e. The van der Waals surface area contributed by atoms with Gasteiger partial charge in [-0.25, -0.2) is 9.18 Å². The van der Waals surface area contributed by atoms with Gasteiger partial charge in [-0.3, -0.25) is 4.79 Å². The van der Waals surface area contributed by atoms with Crippen LogP contribution in [0.15, 0.2) is 24.3 Å². The molecule has 0 spiro atoms. The first-order chi connectivity index (χ1) is 7.93. The van der Waals surface area contributed by atoms with Gasteiger partial charge in [0.05, 0.1) is 0 Å². The first-order valence-electron chi connectivity index (χ1n) is 4.90. The highest BCUT2D eigenvalue weighted by Gasteiger charge is 2.24. The van der Waals surface area contributed by atoms with Gasteiger partial charge in [-0.15, -0.1) is 0 Å². The number of nitrogens with zero attached hydrogens (tertiary/aromatic N) is 1. The Morgan fingerprint density at radius 1 is 1.47 bits per heavy atom. The number of carbonyl (C=O) groups is 2. The van der Waals surface area contributed by atoms with E-state index in [1.807, 2.05) is 0 Å². The van der Waals surface area contributed by atoms with Crippen LogP contribution in [0.4, 0.5) is 4.39 Å². The third-order valence-corrected chi connectivity index (χ3v) is 2.27. The van der Waals surface area contributed by atoms with Gasteiger partial charge in [-0.2, -0.15) is 0 Å². The number of amides is 1. The molecule has 1 unspecified atom stereocenters. The molecule has 0 fully saturated rings. The molecular weight excluding hydrogens is 227 g/mol. The maximum absolute atomic E-state index is 13.3. The molecule has 0 saturated heterocycles. The average molecular weight is 240 g/mol. The lowest BCUT2D eigenvalue weighted by Gasteiger charge is -2.19. The molecular formula is C11H13FN2O3. The summed E-state index contributed by atoms with van der Waals surface area (Å²) in [5.74, 6) is -2.62. The van der Waals surface area contributed by atoms with E-state index in [9.17, 15) is 14.0 Å². The minimum absolute atomic E-state index is 0.0213. The monoisotopic (exact) mass is 240 g/mol. The number of rotatable bonds is 4.